The molecule has 1 aromatic rings. The minimum Gasteiger partial charge on any atom is -0.396 e. The topological polar surface area (TPSA) is 49.3 Å². The lowest BCUT2D eigenvalue weighted by Gasteiger charge is -2.30. The molecule has 1 aliphatic rings. The van der Waals surface area contributed by atoms with Crippen molar-refractivity contribution in [1.29, 1.82) is 0 Å². The van der Waals surface area contributed by atoms with Crippen LogP contribution in [0.25, 0.3) is 0 Å². The van der Waals surface area contributed by atoms with Gasteiger partial charge in [0.15, 0.2) is 0 Å². The Morgan fingerprint density at radius 3 is 2.75 bits per heavy atom. The lowest BCUT2D eigenvalue weighted by atomic mass is 9.82. The average molecular weight is 279 g/mol. The van der Waals surface area contributed by atoms with E-state index in [0.717, 1.165) is 12.8 Å². The smallest absolute Gasteiger partial charge is 0.251 e. The first-order valence-electron chi connectivity index (χ1n) is 7.38. The Bertz CT molecular complexity index is 444. The van der Waals surface area contributed by atoms with E-state index in [1.54, 1.807) is 6.07 Å². The van der Waals surface area contributed by atoms with Gasteiger partial charge in [0, 0.05) is 18.2 Å². The van der Waals surface area contributed by atoms with Crippen molar-refractivity contribution in [2.75, 3.05) is 6.61 Å². The first kappa shape index (κ1) is 15.0. The number of aliphatic hydroxyl groups excluding tert-OH is 1. The average Bonchev–Trinajstić information content (AvgIpc) is 2.47. The second-order valence-electron chi connectivity index (χ2n) is 5.50. The van der Waals surface area contributed by atoms with Crippen LogP contribution in [-0.2, 0) is 0 Å². The van der Waals surface area contributed by atoms with E-state index < -0.39 is 5.82 Å². The van der Waals surface area contributed by atoms with Crippen molar-refractivity contribution >= 4 is 5.91 Å². The minimum atomic E-state index is -0.408. The monoisotopic (exact) mass is 279 g/mol. The number of carbonyl (C=O) groups excluding carboxylic acids is 1. The van der Waals surface area contributed by atoms with Crippen molar-refractivity contribution in [3.05, 3.63) is 35.6 Å². The lowest BCUT2D eigenvalue weighted by Crippen LogP contribution is -2.41. The molecule has 1 amide bonds. The van der Waals surface area contributed by atoms with Crippen LogP contribution in [0.3, 0.4) is 0 Å². The van der Waals surface area contributed by atoms with Gasteiger partial charge in [-0.1, -0.05) is 25.3 Å². The third-order valence-electron chi connectivity index (χ3n) is 4.06. The number of carbonyl (C=O) groups is 1. The van der Waals surface area contributed by atoms with Crippen LogP contribution in [0.1, 0.15) is 48.9 Å². The van der Waals surface area contributed by atoms with E-state index >= 15 is 0 Å². The second kappa shape index (κ2) is 7.39. The zero-order valence-corrected chi connectivity index (χ0v) is 11.6. The molecule has 1 unspecified atom stereocenters. The fourth-order valence-corrected chi connectivity index (χ4v) is 2.98. The maximum atomic E-state index is 13.1. The van der Waals surface area contributed by atoms with Gasteiger partial charge in [-0.25, -0.2) is 4.39 Å². The highest BCUT2D eigenvalue weighted by atomic mass is 19.1. The molecule has 1 aliphatic carbocycles. The van der Waals surface area contributed by atoms with Gasteiger partial charge in [0.05, 0.1) is 0 Å². The first-order valence-corrected chi connectivity index (χ1v) is 7.38. The molecular weight excluding hydrogens is 257 g/mol. The summed E-state index contributed by atoms with van der Waals surface area (Å²) in [4.78, 5) is 12.2. The molecule has 0 aromatic heterocycles. The molecule has 0 heterocycles. The molecule has 0 saturated heterocycles. The molecule has 1 atom stereocenters. The van der Waals surface area contributed by atoms with Crippen LogP contribution < -0.4 is 5.32 Å². The van der Waals surface area contributed by atoms with E-state index in [4.69, 9.17) is 0 Å². The molecule has 20 heavy (non-hydrogen) atoms. The highest BCUT2D eigenvalue weighted by Gasteiger charge is 2.25. The van der Waals surface area contributed by atoms with Crippen molar-refractivity contribution < 1.29 is 14.3 Å². The molecule has 1 saturated carbocycles. The van der Waals surface area contributed by atoms with E-state index in [1.807, 2.05) is 0 Å². The second-order valence-corrected chi connectivity index (χ2v) is 5.50. The van der Waals surface area contributed by atoms with Crippen LogP contribution in [0.4, 0.5) is 4.39 Å². The van der Waals surface area contributed by atoms with Crippen molar-refractivity contribution in [1.82, 2.24) is 5.32 Å². The molecule has 1 fully saturated rings. The summed E-state index contributed by atoms with van der Waals surface area (Å²) in [6, 6.07) is 5.69. The van der Waals surface area contributed by atoms with Gasteiger partial charge in [-0.15, -0.1) is 0 Å². The van der Waals surface area contributed by atoms with Crippen molar-refractivity contribution in [3.8, 4) is 0 Å². The third-order valence-corrected chi connectivity index (χ3v) is 4.06. The van der Waals surface area contributed by atoms with E-state index in [2.05, 4.69) is 5.32 Å². The van der Waals surface area contributed by atoms with Crippen LogP contribution in [0.15, 0.2) is 24.3 Å². The molecule has 0 aliphatic heterocycles. The van der Waals surface area contributed by atoms with E-state index in [-0.39, 0.29) is 18.6 Å². The lowest BCUT2D eigenvalue weighted by molar-refractivity contribution is 0.0899. The number of amides is 1. The highest BCUT2D eigenvalue weighted by Crippen LogP contribution is 2.27. The van der Waals surface area contributed by atoms with Crippen molar-refractivity contribution in [3.63, 3.8) is 0 Å². The molecule has 2 N–H and O–H groups in total. The number of hydrogen-bond donors (Lipinski definition) is 2. The van der Waals surface area contributed by atoms with E-state index in [1.165, 1.54) is 37.5 Å². The van der Waals surface area contributed by atoms with Crippen LogP contribution in [0, 0.1) is 11.7 Å². The summed E-state index contributed by atoms with van der Waals surface area (Å²) in [5.74, 6) is -0.240. The van der Waals surface area contributed by atoms with Crippen LogP contribution in [0.5, 0.6) is 0 Å². The molecule has 0 radical (unpaired) electrons. The predicted molar refractivity (Wildman–Crippen MR) is 75.9 cm³/mol. The molecule has 110 valence electrons. The van der Waals surface area contributed by atoms with E-state index in [9.17, 15) is 14.3 Å². The van der Waals surface area contributed by atoms with Crippen LogP contribution >= 0.6 is 0 Å². The number of aliphatic hydroxyl groups is 1. The molecule has 0 bridgehead atoms. The summed E-state index contributed by atoms with van der Waals surface area (Å²) in [7, 11) is 0. The predicted octanol–water partition coefficient (Wildman–Crippen LogP) is 2.89. The number of nitrogens with one attached hydrogen (secondary N) is 1. The quantitative estimate of drug-likeness (QED) is 0.870. The summed E-state index contributed by atoms with van der Waals surface area (Å²) in [5.41, 5.74) is 0.337. The first-order chi connectivity index (χ1) is 9.70. The van der Waals surface area contributed by atoms with Crippen LogP contribution in [-0.4, -0.2) is 23.7 Å². The fraction of sp³-hybridized carbons (Fsp3) is 0.562. The van der Waals surface area contributed by atoms with Gasteiger partial charge in [-0.3, -0.25) is 4.79 Å². The number of benzene rings is 1. The molecule has 0 spiro atoms. The summed E-state index contributed by atoms with van der Waals surface area (Å²) in [6.07, 6.45) is 6.36. The number of halogens is 1. The molecule has 4 heteroatoms. The van der Waals surface area contributed by atoms with Gasteiger partial charge in [-0.2, -0.15) is 0 Å². The van der Waals surface area contributed by atoms with Gasteiger partial charge in [0.25, 0.3) is 5.91 Å². The SMILES string of the molecule is O=C(NC(CCO)C1CCCCC1)c1cccc(F)c1. The molecular formula is C16H22FNO2. The van der Waals surface area contributed by atoms with Gasteiger partial charge >= 0.3 is 0 Å². The van der Waals surface area contributed by atoms with E-state index in [0.29, 0.717) is 17.9 Å². The van der Waals surface area contributed by atoms with Gasteiger partial charge < -0.3 is 10.4 Å². The molecule has 3 nitrogen and oxygen atoms in total. The van der Waals surface area contributed by atoms with Crippen molar-refractivity contribution in [2.24, 2.45) is 5.92 Å². The summed E-state index contributed by atoms with van der Waals surface area (Å²) < 4.78 is 13.1. The Morgan fingerprint density at radius 1 is 1.35 bits per heavy atom. The maximum Gasteiger partial charge on any atom is 0.251 e. The summed E-state index contributed by atoms with van der Waals surface area (Å²) >= 11 is 0. The Kier molecular flexibility index (Phi) is 5.53. The zero-order chi connectivity index (χ0) is 14.4. The highest BCUT2D eigenvalue weighted by molar-refractivity contribution is 5.94. The zero-order valence-electron chi connectivity index (χ0n) is 11.6. The minimum absolute atomic E-state index is 0.0175. The van der Waals surface area contributed by atoms with Gasteiger partial charge in [0.2, 0.25) is 0 Å². The Balaban J connectivity index is 2.01. The molecule has 1 aromatic carbocycles. The Labute approximate surface area is 119 Å². The van der Waals surface area contributed by atoms with Crippen molar-refractivity contribution in [2.45, 2.75) is 44.6 Å². The largest absolute Gasteiger partial charge is 0.396 e. The maximum absolute atomic E-state index is 13.1. The Hall–Kier alpha value is -1.42. The Morgan fingerprint density at radius 2 is 2.10 bits per heavy atom. The number of rotatable bonds is 5. The molecule has 2 rings (SSSR count). The summed E-state index contributed by atoms with van der Waals surface area (Å²) in [5, 5.41) is 12.1. The number of hydrogen-bond acceptors (Lipinski definition) is 2. The van der Waals surface area contributed by atoms with Crippen LogP contribution in [0.2, 0.25) is 0 Å². The standard InChI is InChI=1S/C16H22FNO2/c17-14-8-4-7-13(11-14)16(20)18-15(9-10-19)12-5-2-1-3-6-12/h4,7-8,11-12,15,19H,1-3,5-6,9-10H2,(H,18,20). The summed E-state index contributed by atoms with van der Waals surface area (Å²) in [6.45, 7) is 0.0601. The fourth-order valence-electron chi connectivity index (χ4n) is 2.98. The third kappa shape index (κ3) is 4.04. The van der Waals surface area contributed by atoms with Gasteiger partial charge in [0.1, 0.15) is 5.82 Å². The normalized spacial score (nSPS) is 17.7. The van der Waals surface area contributed by atoms with Gasteiger partial charge in [-0.05, 0) is 43.4 Å².